The zero-order valence-corrected chi connectivity index (χ0v) is 16.5. The van der Waals surface area contributed by atoms with Crippen molar-refractivity contribution >= 4 is 52.4 Å². The van der Waals surface area contributed by atoms with Gasteiger partial charge in [0, 0.05) is 12.8 Å². The topological polar surface area (TPSA) is 159 Å². The molecule has 0 unspecified atom stereocenters. The van der Waals surface area contributed by atoms with Crippen LogP contribution in [0.3, 0.4) is 0 Å². The van der Waals surface area contributed by atoms with E-state index in [4.69, 9.17) is 5.73 Å². The molecule has 0 aliphatic carbocycles. The molecule has 6 N–H and O–H groups in total. The van der Waals surface area contributed by atoms with E-state index in [1.165, 1.54) is 13.8 Å². The summed E-state index contributed by atoms with van der Waals surface area (Å²) in [6.45, 7) is 4.59. The van der Waals surface area contributed by atoms with Gasteiger partial charge in [-0.2, -0.15) is 0 Å². The Morgan fingerprint density at radius 2 is 1.44 bits per heavy atom. The molecule has 0 saturated heterocycles. The van der Waals surface area contributed by atoms with E-state index < -0.39 is 41.8 Å². The van der Waals surface area contributed by atoms with Crippen molar-refractivity contribution in [2.45, 2.75) is 58.2 Å². The first-order chi connectivity index (χ1) is 11.6. The van der Waals surface area contributed by atoms with Crippen LogP contribution in [0.1, 0.15) is 40.0 Å². The molecule has 0 heterocycles. The molecule has 0 saturated carbocycles. The van der Waals surface area contributed by atoms with Gasteiger partial charge in [0.05, 0.1) is 22.9 Å². The predicted octanol–water partition coefficient (Wildman–Crippen LogP) is -1.38. The number of nitrogens with two attached hydrogens (primary N) is 1. The Balaban J connectivity index is 4.67. The Hall–Kier alpha value is -1.92. The molecule has 11 heteroatoms. The monoisotopic (exact) mass is 469 g/mol. The highest BCUT2D eigenvalue weighted by Gasteiger charge is 2.25. The van der Waals surface area contributed by atoms with Crippen LogP contribution in [0.15, 0.2) is 0 Å². The molecule has 5 amide bonds. The Morgan fingerprint density at radius 3 is 1.92 bits per heavy atom. The van der Waals surface area contributed by atoms with Crippen LogP contribution in [-0.2, 0) is 24.0 Å². The van der Waals surface area contributed by atoms with E-state index in [1.54, 1.807) is 29.8 Å². The summed E-state index contributed by atoms with van der Waals surface area (Å²) in [6.07, 6.45) is 0.204. The summed E-state index contributed by atoms with van der Waals surface area (Å²) in [4.78, 5) is 58.0. The number of rotatable bonds is 10. The van der Waals surface area contributed by atoms with Gasteiger partial charge in [-0.25, -0.2) is 0 Å². The van der Waals surface area contributed by atoms with Gasteiger partial charge in [-0.1, -0.05) is 6.92 Å². The quantitative estimate of drug-likeness (QED) is 0.197. The van der Waals surface area contributed by atoms with Crippen LogP contribution in [-0.4, -0.2) is 47.7 Å². The van der Waals surface area contributed by atoms with Gasteiger partial charge in [-0.3, -0.25) is 27.5 Å². The van der Waals surface area contributed by atoms with Gasteiger partial charge < -0.3 is 21.7 Å². The lowest BCUT2D eigenvalue weighted by Crippen LogP contribution is -2.54. The SMILES string of the molecule is CCC(=O)N[C@@H](C)C(=O)N[C@H](C)C(=O)N[C@H](CCC(N)=O)C(=O)NI. The van der Waals surface area contributed by atoms with Crippen molar-refractivity contribution in [1.82, 2.24) is 19.5 Å². The van der Waals surface area contributed by atoms with Crippen molar-refractivity contribution in [1.29, 1.82) is 0 Å². The van der Waals surface area contributed by atoms with Gasteiger partial charge in [-0.15, -0.1) is 0 Å². The smallest absolute Gasteiger partial charge is 0.251 e. The van der Waals surface area contributed by atoms with E-state index in [2.05, 4.69) is 19.5 Å². The first-order valence-electron chi connectivity index (χ1n) is 7.71. The van der Waals surface area contributed by atoms with Crippen LogP contribution in [0.25, 0.3) is 0 Å². The highest BCUT2D eigenvalue weighted by atomic mass is 127. The van der Waals surface area contributed by atoms with Crippen LogP contribution in [0.2, 0.25) is 0 Å². The average molecular weight is 469 g/mol. The van der Waals surface area contributed by atoms with Gasteiger partial charge in [0.25, 0.3) is 5.91 Å². The maximum atomic E-state index is 12.1. The van der Waals surface area contributed by atoms with Crippen molar-refractivity contribution in [2.75, 3.05) is 0 Å². The van der Waals surface area contributed by atoms with Crippen molar-refractivity contribution in [2.24, 2.45) is 5.73 Å². The number of carbonyl (C=O) groups excluding carboxylic acids is 5. The summed E-state index contributed by atoms with van der Waals surface area (Å²) in [5, 5.41) is 7.37. The lowest BCUT2D eigenvalue weighted by Gasteiger charge is -2.21. The molecule has 0 bridgehead atoms. The number of primary amides is 1. The highest BCUT2D eigenvalue weighted by Crippen LogP contribution is 2.00. The van der Waals surface area contributed by atoms with E-state index in [9.17, 15) is 24.0 Å². The van der Waals surface area contributed by atoms with Crippen LogP contribution < -0.4 is 25.2 Å². The molecule has 0 aromatic heterocycles. The highest BCUT2D eigenvalue weighted by molar-refractivity contribution is 14.1. The largest absolute Gasteiger partial charge is 0.370 e. The zero-order chi connectivity index (χ0) is 19.6. The van der Waals surface area contributed by atoms with Crippen molar-refractivity contribution in [3.63, 3.8) is 0 Å². The summed E-state index contributed by atoms with van der Waals surface area (Å²) in [5.74, 6) is -2.50. The minimum Gasteiger partial charge on any atom is -0.370 e. The summed E-state index contributed by atoms with van der Waals surface area (Å²) >= 11 is 1.62. The average Bonchev–Trinajstić information content (AvgIpc) is 2.56. The van der Waals surface area contributed by atoms with E-state index in [0.29, 0.717) is 0 Å². The molecule has 0 rings (SSSR count). The molecule has 0 fully saturated rings. The number of hydrogen-bond acceptors (Lipinski definition) is 5. The second-order valence-corrected chi connectivity index (χ2v) is 5.94. The number of carbonyl (C=O) groups is 5. The van der Waals surface area contributed by atoms with Crippen LogP contribution >= 0.6 is 22.9 Å². The molecular formula is C14H24IN5O5. The molecular weight excluding hydrogens is 445 g/mol. The summed E-state index contributed by atoms with van der Waals surface area (Å²) in [6, 6.07) is -2.69. The second kappa shape index (κ2) is 11.6. The maximum absolute atomic E-state index is 12.1. The molecule has 0 aromatic carbocycles. The second-order valence-electron chi connectivity index (χ2n) is 5.40. The van der Waals surface area contributed by atoms with Crippen LogP contribution in [0, 0.1) is 0 Å². The maximum Gasteiger partial charge on any atom is 0.251 e. The minimum absolute atomic E-state index is 0.0412. The van der Waals surface area contributed by atoms with Gasteiger partial charge in [0.15, 0.2) is 0 Å². The van der Waals surface area contributed by atoms with Gasteiger partial charge in [0.1, 0.15) is 18.1 Å². The molecule has 25 heavy (non-hydrogen) atoms. The summed E-state index contributed by atoms with van der Waals surface area (Å²) < 4.78 is 2.35. The lowest BCUT2D eigenvalue weighted by molar-refractivity contribution is -0.133. The van der Waals surface area contributed by atoms with Gasteiger partial charge in [0.2, 0.25) is 23.6 Å². The molecule has 0 aromatic rings. The fourth-order valence-electron chi connectivity index (χ4n) is 1.73. The van der Waals surface area contributed by atoms with E-state index in [0.717, 1.165) is 0 Å². The Morgan fingerprint density at radius 1 is 0.920 bits per heavy atom. The van der Waals surface area contributed by atoms with Crippen molar-refractivity contribution in [3.8, 4) is 0 Å². The van der Waals surface area contributed by atoms with Crippen molar-refractivity contribution < 1.29 is 24.0 Å². The van der Waals surface area contributed by atoms with Crippen molar-refractivity contribution in [3.05, 3.63) is 0 Å². The fraction of sp³-hybridized carbons (Fsp3) is 0.643. The lowest BCUT2D eigenvalue weighted by atomic mass is 10.1. The Bertz CT molecular complexity index is 528. The number of halogens is 1. The Kier molecular flexibility index (Phi) is 10.7. The van der Waals surface area contributed by atoms with Crippen LogP contribution in [0.5, 0.6) is 0 Å². The molecule has 0 aliphatic rings. The summed E-state index contributed by atoms with van der Waals surface area (Å²) in [5.41, 5.74) is 5.05. The molecule has 0 aliphatic heterocycles. The van der Waals surface area contributed by atoms with E-state index in [1.807, 2.05) is 0 Å². The minimum atomic E-state index is -0.950. The molecule has 10 nitrogen and oxygen atoms in total. The number of nitrogens with one attached hydrogen (secondary N) is 4. The molecule has 142 valence electrons. The standard InChI is InChI=1S/C14H24IN5O5/c1-4-11(22)17-7(2)12(23)18-8(3)13(24)19-9(14(25)20-15)5-6-10(16)21/h7-9H,4-6H2,1-3H3,(H2,16,21)(H,17,22)(H,18,23)(H,19,24)(H,20,25)/t7-,8+,9+/m0/s1. The van der Waals surface area contributed by atoms with E-state index >= 15 is 0 Å². The third-order valence-electron chi connectivity index (χ3n) is 3.25. The summed E-state index contributed by atoms with van der Waals surface area (Å²) in [7, 11) is 0. The number of amides is 5. The fourth-order valence-corrected chi connectivity index (χ4v) is 2.11. The van der Waals surface area contributed by atoms with Gasteiger partial charge in [-0.05, 0) is 20.3 Å². The normalized spacial score (nSPS) is 13.8. The molecule has 0 radical (unpaired) electrons. The molecule has 3 atom stereocenters. The van der Waals surface area contributed by atoms with E-state index in [-0.39, 0.29) is 25.2 Å². The zero-order valence-electron chi connectivity index (χ0n) is 14.3. The first-order valence-corrected chi connectivity index (χ1v) is 8.79. The predicted molar refractivity (Wildman–Crippen MR) is 98.0 cm³/mol. The van der Waals surface area contributed by atoms with Gasteiger partial charge >= 0.3 is 0 Å². The number of hydrogen-bond donors (Lipinski definition) is 5. The van der Waals surface area contributed by atoms with Crippen LogP contribution in [0.4, 0.5) is 0 Å². The Labute approximate surface area is 159 Å². The first kappa shape index (κ1) is 23.1. The third-order valence-corrected chi connectivity index (χ3v) is 3.78. The molecule has 0 spiro atoms. The third kappa shape index (κ3) is 9.22.